The summed E-state index contributed by atoms with van der Waals surface area (Å²) < 4.78 is 47.0. The summed E-state index contributed by atoms with van der Waals surface area (Å²) >= 11 is 5.82. The van der Waals surface area contributed by atoms with Crippen molar-refractivity contribution in [2.45, 2.75) is 6.18 Å². The number of hydrogen-bond donors (Lipinski definition) is 1. The normalized spacial score (nSPS) is 11.5. The van der Waals surface area contributed by atoms with E-state index in [0.29, 0.717) is 22.0 Å². The van der Waals surface area contributed by atoms with Gasteiger partial charge in [-0.25, -0.2) is 4.98 Å². The Morgan fingerprint density at radius 1 is 1.03 bits per heavy atom. The van der Waals surface area contributed by atoms with E-state index < -0.39 is 12.0 Å². The summed E-state index contributed by atoms with van der Waals surface area (Å²) in [6, 6.07) is 16.9. The molecule has 9 heteroatoms. The summed E-state index contributed by atoms with van der Waals surface area (Å²) in [7, 11) is 1.43. The molecule has 0 aliphatic heterocycles. The fourth-order valence-electron chi connectivity index (χ4n) is 3.14. The molecule has 0 radical (unpaired) electrons. The molecule has 3 aromatic carbocycles. The second-order valence-electron chi connectivity index (χ2n) is 6.63. The van der Waals surface area contributed by atoms with E-state index in [1.165, 1.54) is 43.5 Å². The maximum absolute atomic E-state index is 13.6. The number of ether oxygens (including phenoxy) is 1. The lowest BCUT2D eigenvalue weighted by Crippen LogP contribution is -2.14. The Morgan fingerprint density at radius 2 is 1.71 bits per heavy atom. The van der Waals surface area contributed by atoms with Crippen LogP contribution >= 0.6 is 11.6 Å². The Labute approximate surface area is 180 Å². The van der Waals surface area contributed by atoms with Gasteiger partial charge in [0.25, 0.3) is 5.91 Å². The van der Waals surface area contributed by atoms with Crippen LogP contribution in [0, 0.1) is 0 Å². The molecule has 1 heterocycles. The third kappa shape index (κ3) is 4.20. The van der Waals surface area contributed by atoms with E-state index in [9.17, 15) is 18.0 Å². The zero-order valence-electron chi connectivity index (χ0n) is 16.1. The predicted octanol–water partition coefficient (Wildman–Crippen LogP) is 5.96. The minimum Gasteiger partial charge on any atom is -0.497 e. The number of benzene rings is 3. The van der Waals surface area contributed by atoms with Gasteiger partial charge in [-0.2, -0.15) is 13.2 Å². The predicted molar refractivity (Wildman–Crippen MR) is 112 cm³/mol. The Hall–Kier alpha value is -3.52. The molecule has 5 nitrogen and oxygen atoms in total. The topological polar surface area (TPSA) is 56.1 Å². The molecule has 0 aliphatic rings. The van der Waals surface area contributed by atoms with Gasteiger partial charge in [0, 0.05) is 28.0 Å². The van der Waals surface area contributed by atoms with Crippen LogP contribution in [0.2, 0.25) is 5.02 Å². The number of halogens is 4. The highest BCUT2D eigenvalue weighted by Gasteiger charge is 2.38. The van der Waals surface area contributed by atoms with E-state index in [-0.39, 0.29) is 22.6 Å². The van der Waals surface area contributed by atoms with Gasteiger partial charge in [0.1, 0.15) is 5.75 Å². The number of hydrogen-bond acceptors (Lipinski definition) is 3. The maximum Gasteiger partial charge on any atom is 0.450 e. The van der Waals surface area contributed by atoms with Crippen molar-refractivity contribution in [1.29, 1.82) is 0 Å². The summed E-state index contributed by atoms with van der Waals surface area (Å²) in [6.45, 7) is 0. The lowest BCUT2D eigenvalue weighted by atomic mass is 10.2. The quantitative estimate of drug-likeness (QED) is 0.422. The zero-order chi connectivity index (χ0) is 22.2. The third-order valence-corrected chi connectivity index (χ3v) is 4.86. The van der Waals surface area contributed by atoms with Crippen LogP contribution in [-0.2, 0) is 6.18 Å². The first kappa shape index (κ1) is 20.7. The van der Waals surface area contributed by atoms with Crippen LogP contribution in [0.15, 0.2) is 66.7 Å². The number of rotatable bonds is 4. The van der Waals surface area contributed by atoms with Gasteiger partial charge in [-0.1, -0.05) is 11.6 Å². The molecule has 0 bridgehead atoms. The van der Waals surface area contributed by atoms with Crippen LogP contribution in [0.1, 0.15) is 16.2 Å². The van der Waals surface area contributed by atoms with Crippen molar-refractivity contribution in [3.8, 4) is 11.4 Å². The molecule has 0 spiro atoms. The number of imidazole rings is 1. The van der Waals surface area contributed by atoms with Crippen molar-refractivity contribution in [2.24, 2.45) is 0 Å². The summed E-state index contributed by atoms with van der Waals surface area (Å²) in [5.41, 5.74) is 1.54. The Bertz CT molecular complexity index is 1250. The van der Waals surface area contributed by atoms with Gasteiger partial charge in [-0.05, 0) is 60.7 Å². The van der Waals surface area contributed by atoms with Crippen LogP contribution in [0.25, 0.3) is 16.7 Å². The molecule has 1 amide bonds. The van der Waals surface area contributed by atoms with Crippen LogP contribution in [0.5, 0.6) is 5.75 Å². The minimum atomic E-state index is -4.66. The number of carbonyl (C=O) groups excluding carboxylic acids is 1. The number of nitrogens with one attached hydrogen (secondary N) is 1. The molecular formula is C22H15ClF3N3O2. The van der Waals surface area contributed by atoms with Gasteiger partial charge in [0.05, 0.1) is 18.1 Å². The molecule has 0 saturated heterocycles. The van der Waals surface area contributed by atoms with Crippen molar-refractivity contribution in [1.82, 2.24) is 9.55 Å². The molecule has 0 saturated carbocycles. The molecule has 0 atom stereocenters. The summed E-state index contributed by atoms with van der Waals surface area (Å²) in [6.07, 6.45) is -4.66. The number of nitrogens with zero attached hydrogens (tertiary/aromatic N) is 2. The molecular weight excluding hydrogens is 431 g/mol. The number of alkyl halides is 3. The molecule has 0 aliphatic carbocycles. The van der Waals surface area contributed by atoms with Gasteiger partial charge < -0.3 is 10.1 Å². The van der Waals surface area contributed by atoms with Crippen molar-refractivity contribution in [3.63, 3.8) is 0 Å². The van der Waals surface area contributed by atoms with Crippen molar-refractivity contribution >= 4 is 34.2 Å². The lowest BCUT2D eigenvalue weighted by molar-refractivity contribution is -0.145. The van der Waals surface area contributed by atoms with Gasteiger partial charge in [-0.3, -0.25) is 9.36 Å². The largest absolute Gasteiger partial charge is 0.497 e. The average molecular weight is 446 g/mol. The average Bonchev–Trinajstić information content (AvgIpc) is 3.14. The van der Waals surface area contributed by atoms with Crippen LogP contribution in [0.4, 0.5) is 18.9 Å². The zero-order valence-corrected chi connectivity index (χ0v) is 16.8. The first-order valence-corrected chi connectivity index (χ1v) is 9.45. The summed E-state index contributed by atoms with van der Waals surface area (Å²) in [5.74, 6) is -1.000. The number of amides is 1. The standard InChI is InChI=1S/C22H15ClF3N3O2/c1-31-17-10-11-19-18(12-17)28-21(22(24,25)26)29(19)16-8-6-15(7-9-16)27-20(30)13-2-4-14(23)5-3-13/h2-12H,1H3,(H,27,30). The third-order valence-electron chi connectivity index (χ3n) is 4.60. The van der Waals surface area contributed by atoms with Crippen molar-refractivity contribution in [2.75, 3.05) is 12.4 Å². The molecule has 158 valence electrons. The fourth-order valence-corrected chi connectivity index (χ4v) is 3.26. The van der Waals surface area contributed by atoms with Crippen LogP contribution in [-0.4, -0.2) is 22.6 Å². The van der Waals surface area contributed by atoms with Crippen LogP contribution in [0.3, 0.4) is 0 Å². The molecule has 0 unspecified atom stereocenters. The summed E-state index contributed by atoms with van der Waals surface area (Å²) in [4.78, 5) is 16.1. The minimum absolute atomic E-state index is 0.159. The second kappa shape index (κ2) is 7.96. The highest BCUT2D eigenvalue weighted by molar-refractivity contribution is 6.30. The smallest absolute Gasteiger partial charge is 0.450 e. The SMILES string of the molecule is COc1ccc2c(c1)nc(C(F)(F)F)n2-c1ccc(NC(=O)c2ccc(Cl)cc2)cc1. The van der Waals surface area contributed by atoms with Crippen molar-refractivity contribution in [3.05, 3.63) is 83.1 Å². The van der Waals surface area contributed by atoms with E-state index in [2.05, 4.69) is 10.3 Å². The summed E-state index contributed by atoms with van der Waals surface area (Å²) in [5, 5.41) is 3.21. The molecule has 4 rings (SSSR count). The first-order chi connectivity index (χ1) is 14.8. The molecule has 31 heavy (non-hydrogen) atoms. The number of anilines is 1. The van der Waals surface area contributed by atoms with Gasteiger partial charge in [0.15, 0.2) is 0 Å². The number of carbonyl (C=O) groups is 1. The Morgan fingerprint density at radius 3 is 2.32 bits per heavy atom. The molecule has 1 aromatic heterocycles. The van der Waals surface area contributed by atoms with Gasteiger partial charge >= 0.3 is 6.18 Å². The van der Waals surface area contributed by atoms with E-state index in [4.69, 9.17) is 16.3 Å². The fraction of sp³-hybridized carbons (Fsp3) is 0.0909. The second-order valence-corrected chi connectivity index (χ2v) is 7.07. The highest BCUT2D eigenvalue weighted by atomic mass is 35.5. The Balaban J connectivity index is 1.68. The lowest BCUT2D eigenvalue weighted by Gasteiger charge is -2.12. The molecule has 0 fully saturated rings. The van der Waals surface area contributed by atoms with Crippen molar-refractivity contribution < 1.29 is 22.7 Å². The van der Waals surface area contributed by atoms with E-state index >= 15 is 0 Å². The highest BCUT2D eigenvalue weighted by Crippen LogP contribution is 2.35. The van der Waals surface area contributed by atoms with Gasteiger partial charge in [-0.15, -0.1) is 0 Å². The van der Waals surface area contributed by atoms with E-state index in [0.717, 1.165) is 4.57 Å². The van der Waals surface area contributed by atoms with E-state index in [1.54, 1.807) is 30.3 Å². The number of methoxy groups -OCH3 is 1. The van der Waals surface area contributed by atoms with Gasteiger partial charge in [0.2, 0.25) is 5.82 Å². The van der Waals surface area contributed by atoms with E-state index in [1.807, 2.05) is 0 Å². The maximum atomic E-state index is 13.6. The Kier molecular flexibility index (Phi) is 5.32. The molecule has 1 N–H and O–H groups in total. The number of aromatic nitrogens is 2. The number of fused-ring (bicyclic) bond motifs is 1. The monoisotopic (exact) mass is 445 g/mol. The van der Waals surface area contributed by atoms with Crippen LogP contribution < -0.4 is 10.1 Å². The first-order valence-electron chi connectivity index (χ1n) is 9.07. The molecule has 4 aromatic rings.